The average Bonchev–Trinajstić information content (AvgIpc) is 2.16. The first-order valence-electron chi connectivity index (χ1n) is 3.45. The van der Waals surface area contributed by atoms with E-state index in [1.807, 2.05) is 0 Å². The van der Waals surface area contributed by atoms with Crippen LogP contribution >= 0.6 is 0 Å². The zero-order chi connectivity index (χ0) is 8.97. The highest BCUT2D eigenvalue weighted by molar-refractivity contribution is 5.25. The molecule has 0 atom stereocenters. The summed E-state index contributed by atoms with van der Waals surface area (Å²) in [4.78, 5) is 7.86. The van der Waals surface area contributed by atoms with Gasteiger partial charge < -0.3 is 15.2 Å². The fourth-order valence-corrected chi connectivity index (χ4v) is 0.803. The van der Waals surface area contributed by atoms with Crippen molar-refractivity contribution in [1.29, 1.82) is 0 Å². The van der Waals surface area contributed by atoms with Gasteiger partial charge in [-0.2, -0.15) is 9.97 Å². The maximum atomic E-state index is 5.42. The highest BCUT2D eigenvalue weighted by Crippen LogP contribution is 2.15. The molecule has 0 fully saturated rings. The summed E-state index contributed by atoms with van der Waals surface area (Å²) in [5, 5.41) is 0. The van der Waals surface area contributed by atoms with Crippen molar-refractivity contribution >= 4 is 0 Å². The minimum Gasteiger partial charge on any atom is -0.493 e. The number of rotatable bonds is 3. The van der Waals surface area contributed by atoms with E-state index in [2.05, 4.69) is 9.97 Å². The van der Waals surface area contributed by atoms with Crippen molar-refractivity contribution in [3.8, 4) is 11.8 Å². The quantitative estimate of drug-likeness (QED) is 0.687. The molecular formula is C7H11N3O2. The van der Waals surface area contributed by atoms with Crippen LogP contribution in [-0.4, -0.2) is 24.2 Å². The Kier molecular flexibility index (Phi) is 2.82. The highest BCUT2D eigenvalue weighted by Gasteiger charge is 2.04. The zero-order valence-corrected chi connectivity index (χ0v) is 7.07. The van der Waals surface area contributed by atoms with E-state index in [4.69, 9.17) is 15.2 Å². The van der Waals surface area contributed by atoms with Crippen LogP contribution in [0.3, 0.4) is 0 Å². The minimum absolute atomic E-state index is 0.302. The maximum Gasteiger partial charge on any atom is 0.316 e. The number of ether oxygens (including phenoxy) is 2. The molecule has 0 aromatic carbocycles. The minimum atomic E-state index is 0.302. The smallest absolute Gasteiger partial charge is 0.316 e. The molecule has 1 aromatic heterocycles. The molecule has 0 saturated carbocycles. The second-order valence-corrected chi connectivity index (χ2v) is 2.08. The van der Waals surface area contributed by atoms with Crippen molar-refractivity contribution in [1.82, 2.24) is 9.97 Å². The van der Waals surface area contributed by atoms with Crippen molar-refractivity contribution in [3.05, 3.63) is 11.9 Å². The van der Waals surface area contributed by atoms with Crippen LogP contribution in [0.2, 0.25) is 0 Å². The van der Waals surface area contributed by atoms with Gasteiger partial charge in [0.25, 0.3) is 0 Å². The molecule has 1 aromatic rings. The Bertz CT molecular complexity index is 265. The van der Waals surface area contributed by atoms with Gasteiger partial charge in [-0.05, 0) is 0 Å². The molecule has 1 heterocycles. The van der Waals surface area contributed by atoms with Gasteiger partial charge in [0.15, 0.2) is 5.75 Å². The number of hydrogen-bond donors (Lipinski definition) is 1. The zero-order valence-electron chi connectivity index (χ0n) is 7.07. The van der Waals surface area contributed by atoms with Crippen LogP contribution < -0.4 is 15.2 Å². The number of aromatic nitrogens is 2. The molecule has 0 aliphatic carbocycles. The summed E-state index contributed by atoms with van der Waals surface area (Å²) in [6, 6.07) is 0.302. The first-order chi connectivity index (χ1) is 5.81. The molecular weight excluding hydrogens is 158 g/mol. The fraction of sp³-hybridized carbons (Fsp3) is 0.429. The normalized spacial score (nSPS) is 9.58. The number of nitrogens with two attached hydrogens (primary N) is 1. The van der Waals surface area contributed by atoms with E-state index in [-0.39, 0.29) is 0 Å². The van der Waals surface area contributed by atoms with Crippen LogP contribution in [0.4, 0.5) is 0 Å². The summed E-state index contributed by atoms with van der Waals surface area (Å²) < 4.78 is 9.80. The third-order valence-corrected chi connectivity index (χ3v) is 1.40. The summed E-state index contributed by atoms with van der Waals surface area (Å²) in [5.41, 5.74) is 6.07. The van der Waals surface area contributed by atoms with Crippen LogP contribution in [0.25, 0.3) is 0 Å². The highest BCUT2D eigenvalue weighted by atomic mass is 16.5. The Morgan fingerprint density at radius 3 is 2.67 bits per heavy atom. The van der Waals surface area contributed by atoms with E-state index in [1.54, 1.807) is 7.11 Å². The van der Waals surface area contributed by atoms with E-state index in [0.29, 0.717) is 24.0 Å². The molecule has 66 valence electrons. The molecule has 0 aliphatic rings. The Hall–Kier alpha value is -1.36. The summed E-state index contributed by atoms with van der Waals surface area (Å²) in [6.07, 6.45) is 1.54. The summed E-state index contributed by atoms with van der Waals surface area (Å²) in [5.74, 6) is 0.582. The van der Waals surface area contributed by atoms with Crippen molar-refractivity contribution < 1.29 is 9.47 Å². The van der Waals surface area contributed by atoms with Gasteiger partial charge >= 0.3 is 6.01 Å². The molecule has 0 spiro atoms. The van der Waals surface area contributed by atoms with E-state index < -0.39 is 0 Å². The Balaban J connectivity index is 3.02. The Labute approximate surface area is 70.5 Å². The van der Waals surface area contributed by atoms with Gasteiger partial charge in [0.1, 0.15) is 5.69 Å². The van der Waals surface area contributed by atoms with Crippen LogP contribution in [0.1, 0.15) is 5.69 Å². The van der Waals surface area contributed by atoms with Crippen molar-refractivity contribution in [2.75, 3.05) is 14.2 Å². The molecule has 0 amide bonds. The van der Waals surface area contributed by atoms with Gasteiger partial charge in [0.2, 0.25) is 0 Å². The topological polar surface area (TPSA) is 70.3 Å². The van der Waals surface area contributed by atoms with Gasteiger partial charge in [-0.25, -0.2) is 0 Å². The second kappa shape index (κ2) is 3.87. The van der Waals surface area contributed by atoms with Gasteiger partial charge in [0, 0.05) is 6.54 Å². The van der Waals surface area contributed by atoms with Crippen molar-refractivity contribution in [3.63, 3.8) is 0 Å². The lowest BCUT2D eigenvalue weighted by Gasteiger charge is -2.05. The molecule has 12 heavy (non-hydrogen) atoms. The summed E-state index contributed by atoms with van der Waals surface area (Å²) in [6.45, 7) is 0.308. The average molecular weight is 169 g/mol. The Morgan fingerprint density at radius 1 is 1.42 bits per heavy atom. The lowest BCUT2D eigenvalue weighted by molar-refractivity contribution is 0.365. The fourth-order valence-electron chi connectivity index (χ4n) is 0.803. The van der Waals surface area contributed by atoms with Crippen LogP contribution in [0.15, 0.2) is 6.20 Å². The maximum absolute atomic E-state index is 5.42. The molecule has 0 unspecified atom stereocenters. The predicted octanol–water partition coefficient (Wildman–Crippen LogP) is -0.0475. The summed E-state index contributed by atoms with van der Waals surface area (Å²) >= 11 is 0. The van der Waals surface area contributed by atoms with Crippen molar-refractivity contribution in [2.45, 2.75) is 6.54 Å². The van der Waals surface area contributed by atoms with E-state index in [9.17, 15) is 0 Å². The molecule has 2 N–H and O–H groups in total. The summed E-state index contributed by atoms with van der Waals surface area (Å²) in [7, 11) is 3.05. The van der Waals surface area contributed by atoms with Gasteiger partial charge in [-0.1, -0.05) is 0 Å². The van der Waals surface area contributed by atoms with Gasteiger partial charge in [0.05, 0.1) is 20.4 Å². The third-order valence-electron chi connectivity index (χ3n) is 1.40. The molecule has 0 aliphatic heterocycles. The lowest BCUT2D eigenvalue weighted by atomic mass is 10.4. The van der Waals surface area contributed by atoms with E-state index in [1.165, 1.54) is 13.3 Å². The third kappa shape index (κ3) is 1.62. The second-order valence-electron chi connectivity index (χ2n) is 2.08. The van der Waals surface area contributed by atoms with Gasteiger partial charge in [-0.15, -0.1) is 0 Å². The Morgan fingerprint density at radius 2 is 2.17 bits per heavy atom. The van der Waals surface area contributed by atoms with Crippen LogP contribution in [-0.2, 0) is 6.54 Å². The number of hydrogen-bond acceptors (Lipinski definition) is 5. The monoisotopic (exact) mass is 169 g/mol. The number of methoxy groups -OCH3 is 2. The van der Waals surface area contributed by atoms with E-state index >= 15 is 0 Å². The largest absolute Gasteiger partial charge is 0.493 e. The lowest BCUT2D eigenvalue weighted by Crippen LogP contribution is -2.05. The molecule has 5 nitrogen and oxygen atoms in total. The first kappa shape index (κ1) is 8.73. The molecule has 5 heteroatoms. The first-order valence-corrected chi connectivity index (χ1v) is 3.45. The molecule has 0 bridgehead atoms. The van der Waals surface area contributed by atoms with Crippen LogP contribution in [0, 0.1) is 0 Å². The SMILES string of the molecule is COc1ncc(OC)c(CN)n1. The molecule has 1 rings (SSSR count). The standard InChI is InChI=1S/C7H11N3O2/c1-11-6-4-9-7(12-2)10-5(6)3-8/h4H,3,8H2,1-2H3. The predicted molar refractivity (Wildman–Crippen MR) is 43.0 cm³/mol. The molecule has 0 saturated heterocycles. The van der Waals surface area contributed by atoms with Crippen molar-refractivity contribution in [2.24, 2.45) is 5.73 Å². The van der Waals surface area contributed by atoms with E-state index in [0.717, 1.165) is 0 Å². The van der Waals surface area contributed by atoms with Gasteiger partial charge in [-0.3, -0.25) is 0 Å². The number of nitrogens with zero attached hydrogens (tertiary/aromatic N) is 2. The molecule has 0 radical (unpaired) electrons. The van der Waals surface area contributed by atoms with Crippen LogP contribution in [0.5, 0.6) is 11.8 Å².